The molecule has 1 N–H and O–H groups in total. The highest BCUT2D eigenvalue weighted by Gasteiger charge is 2.46. The molecule has 1 aromatic carbocycles. The molecule has 218 valence electrons. The van der Waals surface area contributed by atoms with Crippen LogP contribution in [0.25, 0.3) is 0 Å². The number of ether oxygens (including phenoxy) is 1. The number of hydrogen-bond acceptors (Lipinski definition) is 8. The van der Waals surface area contributed by atoms with E-state index in [4.69, 9.17) is 4.74 Å². The Morgan fingerprint density at radius 1 is 0.925 bits per heavy atom. The number of imide groups is 2. The second-order valence-electron chi connectivity index (χ2n) is 11.9. The summed E-state index contributed by atoms with van der Waals surface area (Å²) in [7, 11) is 0. The first-order valence-corrected chi connectivity index (χ1v) is 14.6. The van der Waals surface area contributed by atoms with Gasteiger partial charge in [-0.3, -0.25) is 39.1 Å². The Bertz CT molecular complexity index is 1140. The summed E-state index contributed by atoms with van der Waals surface area (Å²) in [5.74, 6) is -2.03. The van der Waals surface area contributed by atoms with Crippen molar-refractivity contribution in [3.05, 3.63) is 29.3 Å². The highest BCUT2D eigenvalue weighted by molar-refractivity contribution is 6.25. The highest BCUT2D eigenvalue weighted by atomic mass is 16.6. The van der Waals surface area contributed by atoms with Crippen molar-refractivity contribution in [1.29, 1.82) is 0 Å². The van der Waals surface area contributed by atoms with Crippen LogP contribution in [0.2, 0.25) is 0 Å². The Hall–Kier alpha value is -3.27. The summed E-state index contributed by atoms with van der Waals surface area (Å²) >= 11 is 0. The Morgan fingerprint density at radius 2 is 1.60 bits per heavy atom. The summed E-state index contributed by atoms with van der Waals surface area (Å²) in [5.41, 5.74) is 0.994. The predicted octanol–water partition coefficient (Wildman–Crippen LogP) is 3.28. The molecule has 1 atom stereocenters. The van der Waals surface area contributed by atoms with Crippen LogP contribution in [0.4, 0.5) is 5.69 Å². The smallest absolute Gasteiger partial charge is 0.306 e. The van der Waals surface area contributed by atoms with E-state index in [1.54, 1.807) is 12.1 Å². The molecule has 3 aliphatic heterocycles. The van der Waals surface area contributed by atoms with E-state index < -0.39 is 29.4 Å². The number of carbonyl (C=O) groups is 5. The lowest BCUT2D eigenvalue weighted by Gasteiger charge is -2.36. The van der Waals surface area contributed by atoms with Crippen molar-refractivity contribution in [2.75, 3.05) is 37.6 Å². The van der Waals surface area contributed by atoms with Gasteiger partial charge in [-0.1, -0.05) is 31.7 Å². The van der Waals surface area contributed by atoms with Crippen molar-refractivity contribution in [3.63, 3.8) is 0 Å². The van der Waals surface area contributed by atoms with E-state index in [2.05, 4.69) is 15.1 Å². The molecule has 0 spiro atoms. The lowest BCUT2D eigenvalue weighted by molar-refractivity contribution is -0.155. The zero-order valence-electron chi connectivity index (χ0n) is 24.0. The lowest BCUT2D eigenvalue weighted by Crippen LogP contribution is -2.54. The van der Waals surface area contributed by atoms with Crippen molar-refractivity contribution in [2.45, 2.75) is 90.2 Å². The molecule has 2 saturated heterocycles. The fourth-order valence-electron chi connectivity index (χ4n) is 5.68. The monoisotopic (exact) mass is 554 g/mol. The largest absolute Gasteiger partial charge is 0.460 e. The number of unbranched alkanes of at least 4 members (excludes halogenated alkanes) is 5. The van der Waals surface area contributed by atoms with Gasteiger partial charge in [0.2, 0.25) is 11.8 Å². The molecule has 0 saturated carbocycles. The number of benzene rings is 1. The maximum Gasteiger partial charge on any atom is 0.306 e. The number of carbonyl (C=O) groups excluding carboxylic acids is 5. The van der Waals surface area contributed by atoms with Gasteiger partial charge < -0.3 is 9.64 Å². The summed E-state index contributed by atoms with van der Waals surface area (Å²) in [4.78, 5) is 67.9. The van der Waals surface area contributed by atoms with Crippen LogP contribution in [0, 0.1) is 0 Å². The third-order valence-corrected chi connectivity index (χ3v) is 7.68. The molecule has 40 heavy (non-hydrogen) atoms. The standard InChI is InChI=1S/C30H42N4O6/c1-30(2,3)40-25(36)13-8-6-4-5-7-9-16-32-17-19-33(20-18-32)22-12-10-11-21-26(22)29(39)34(28(21)38)23-14-15-24(35)31-27(23)37/h10-12,23H,4-9,13-20H2,1-3H3,(H,31,35,37). The SMILES string of the molecule is CC(C)(C)OC(=O)CCCCCCCCN1CCN(c2cccc3c2C(=O)N(C2CCC(=O)NC2=O)C3=O)CC1. The predicted molar refractivity (Wildman–Crippen MR) is 150 cm³/mol. The number of anilines is 1. The number of esters is 1. The van der Waals surface area contributed by atoms with E-state index in [1.807, 2.05) is 26.8 Å². The first kappa shape index (κ1) is 29.7. The number of nitrogens with zero attached hydrogens (tertiary/aromatic N) is 3. The maximum absolute atomic E-state index is 13.4. The first-order chi connectivity index (χ1) is 19.0. The number of amides is 4. The van der Waals surface area contributed by atoms with Gasteiger partial charge in [-0.2, -0.15) is 0 Å². The minimum absolute atomic E-state index is 0.104. The maximum atomic E-state index is 13.4. The second kappa shape index (κ2) is 12.9. The zero-order chi connectivity index (χ0) is 28.9. The molecule has 10 nitrogen and oxygen atoms in total. The third-order valence-electron chi connectivity index (χ3n) is 7.68. The summed E-state index contributed by atoms with van der Waals surface area (Å²) in [5, 5.41) is 2.24. The molecular weight excluding hydrogens is 512 g/mol. The topological polar surface area (TPSA) is 116 Å². The molecule has 0 bridgehead atoms. The van der Waals surface area contributed by atoms with Gasteiger partial charge in [0.05, 0.1) is 16.8 Å². The van der Waals surface area contributed by atoms with Crippen LogP contribution in [0.1, 0.15) is 99.3 Å². The van der Waals surface area contributed by atoms with Crippen molar-refractivity contribution in [2.24, 2.45) is 0 Å². The Balaban J connectivity index is 1.19. The van der Waals surface area contributed by atoms with Crippen LogP contribution in [0.3, 0.4) is 0 Å². The average molecular weight is 555 g/mol. The minimum Gasteiger partial charge on any atom is -0.460 e. The van der Waals surface area contributed by atoms with E-state index in [0.717, 1.165) is 81.8 Å². The highest BCUT2D eigenvalue weighted by Crippen LogP contribution is 2.34. The molecule has 1 unspecified atom stereocenters. The third kappa shape index (κ3) is 7.27. The summed E-state index contributed by atoms with van der Waals surface area (Å²) in [6.07, 6.45) is 7.22. The fourth-order valence-corrected chi connectivity index (χ4v) is 5.68. The molecule has 0 aromatic heterocycles. The van der Waals surface area contributed by atoms with E-state index in [-0.39, 0.29) is 24.7 Å². The quantitative estimate of drug-likeness (QED) is 0.252. The molecule has 4 amide bonds. The first-order valence-electron chi connectivity index (χ1n) is 14.6. The summed E-state index contributed by atoms with van der Waals surface area (Å²) in [6.45, 7) is 9.94. The van der Waals surface area contributed by atoms with Gasteiger partial charge in [0, 0.05) is 39.0 Å². The van der Waals surface area contributed by atoms with Gasteiger partial charge in [-0.25, -0.2) is 0 Å². The Kier molecular flexibility index (Phi) is 9.60. The van der Waals surface area contributed by atoms with Gasteiger partial charge >= 0.3 is 5.97 Å². The number of hydrogen-bond donors (Lipinski definition) is 1. The molecule has 1 aromatic rings. The van der Waals surface area contributed by atoms with Crippen LogP contribution >= 0.6 is 0 Å². The van der Waals surface area contributed by atoms with Gasteiger partial charge in [0.15, 0.2) is 0 Å². The van der Waals surface area contributed by atoms with Crippen LogP contribution in [0.5, 0.6) is 0 Å². The number of piperazine rings is 1. The lowest BCUT2D eigenvalue weighted by atomic mass is 10.0. The normalized spacial score (nSPS) is 20.1. The van der Waals surface area contributed by atoms with E-state index >= 15 is 0 Å². The van der Waals surface area contributed by atoms with Gasteiger partial charge in [-0.05, 0) is 58.7 Å². The average Bonchev–Trinajstić information content (AvgIpc) is 3.15. The second-order valence-corrected chi connectivity index (χ2v) is 11.9. The molecule has 3 heterocycles. The molecule has 4 rings (SSSR count). The van der Waals surface area contributed by atoms with Crippen LogP contribution in [-0.2, 0) is 19.1 Å². The Labute approximate surface area is 236 Å². The fraction of sp³-hybridized carbons (Fsp3) is 0.633. The number of nitrogens with one attached hydrogen (secondary N) is 1. The van der Waals surface area contributed by atoms with Crippen LogP contribution in [0.15, 0.2) is 18.2 Å². The van der Waals surface area contributed by atoms with Crippen molar-refractivity contribution < 1.29 is 28.7 Å². The van der Waals surface area contributed by atoms with Crippen molar-refractivity contribution in [3.8, 4) is 0 Å². The van der Waals surface area contributed by atoms with Crippen LogP contribution in [-0.4, -0.2) is 83.8 Å². The minimum atomic E-state index is -0.959. The van der Waals surface area contributed by atoms with E-state index in [9.17, 15) is 24.0 Å². The number of fused-ring (bicyclic) bond motifs is 1. The van der Waals surface area contributed by atoms with E-state index in [1.165, 1.54) is 0 Å². The zero-order valence-corrected chi connectivity index (χ0v) is 24.0. The van der Waals surface area contributed by atoms with Gasteiger partial charge in [0.25, 0.3) is 11.8 Å². The molecule has 0 aliphatic carbocycles. The molecule has 3 aliphatic rings. The van der Waals surface area contributed by atoms with E-state index in [0.29, 0.717) is 17.5 Å². The Morgan fingerprint density at radius 3 is 2.27 bits per heavy atom. The number of rotatable bonds is 11. The molecular formula is C30H42N4O6. The van der Waals surface area contributed by atoms with Gasteiger partial charge in [-0.15, -0.1) is 0 Å². The number of piperidine rings is 1. The summed E-state index contributed by atoms with van der Waals surface area (Å²) < 4.78 is 5.35. The molecule has 0 radical (unpaired) electrons. The summed E-state index contributed by atoms with van der Waals surface area (Å²) in [6, 6.07) is 4.34. The van der Waals surface area contributed by atoms with Crippen molar-refractivity contribution in [1.82, 2.24) is 15.1 Å². The van der Waals surface area contributed by atoms with Crippen molar-refractivity contribution >= 4 is 35.3 Å². The van der Waals surface area contributed by atoms with Crippen LogP contribution < -0.4 is 10.2 Å². The molecule has 10 heteroatoms. The van der Waals surface area contributed by atoms with Gasteiger partial charge in [0.1, 0.15) is 11.6 Å². The molecule has 2 fully saturated rings.